The zero-order valence-electron chi connectivity index (χ0n) is 11.2. The van der Waals surface area contributed by atoms with Crippen LogP contribution in [0.5, 0.6) is 17.2 Å². The summed E-state index contributed by atoms with van der Waals surface area (Å²) in [6.07, 6.45) is 0.992. The van der Waals surface area contributed by atoms with Crippen LogP contribution in [0, 0.1) is 0 Å². The van der Waals surface area contributed by atoms with Crippen LogP contribution in [0.3, 0.4) is 0 Å². The molecule has 0 aliphatic heterocycles. The molecule has 0 aliphatic rings. The summed E-state index contributed by atoms with van der Waals surface area (Å²) in [5.74, 6) is -2.12. The van der Waals surface area contributed by atoms with Crippen LogP contribution in [-0.4, -0.2) is 43.5 Å². The van der Waals surface area contributed by atoms with E-state index in [1.54, 1.807) is 0 Å². The van der Waals surface area contributed by atoms with Gasteiger partial charge in [-0.3, -0.25) is 0 Å². The number of hydrogen-bond acceptors (Lipinski definition) is 5. The van der Waals surface area contributed by atoms with Crippen molar-refractivity contribution in [3.05, 3.63) is 23.3 Å². The SMILES string of the molecule is COc1cc(OC)c(OC)cc1C=C(C(=O)O)C(=O)O. The minimum absolute atomic E-state index is 0.255. The minimum Gasteiger partial charge on any atom is -0.496 e. The molecular formula is C13H14O7. The normalized spacial score (nSPS) is 9.55. The molecule has 20 heavy (non-hydrogen) atoms. The number of carboxylic acids is 2. The van der Waals surface area contributed by atoms with Crippen molar-refractivity contribution in [2.75, 3.05) is 21.3 Å². The molecule has 1 aromatic rings. The molecule has 0 radical (unpaired) electrons. The quantitative estimate of drug-likeness (QED) is 0.460. The van der Waals surface area contributed by atoms with Crippen molar-refractivity contribution in [3.8, 4) is 17.2 Å². The Hall–Kier alpha value is -2.70. The number of rotatable bonds is 6. The summed E-state index contributed by atoms with van der Waals surface area (Å²) in [6.45, 7) is 0. The molecular weight excluding hydrogens is 268 g/mol. The zero-order valence-corrected chi connectivity index (χ0v) is 11.2. The van der Waals surface area contributed by atoms with E-state index in [0.29, 0.717) is 11.5 Å². The number of methoxy groups -OCH3 is 3. The fourth-order valence-corrected chi connectivity index (χ4v) is 1.54. The highest BCUT2D eigenvalue weighted by Gasteiger charge is 2.18. The molecule has 2 N–H and O–H groups in total. The van der Waals surface area contributed by atoms with Gasteiger partial charge in [0.2, 0.25) is 0 Å². The van der Waals surface area contributed by atoms with Gasteiger partial charge in [0.05, 0.1) is 21.3 Å². The highest BCUT2D eigenvalue weighted by molar-refractivity contribution is 6.16. The van der Waals surface area contributed by atoms with E-state index in [1.165, 1.54) is 33.5 Å². The van der Waals surface area contributed by atoms with Crippen molar-refractivity contribution >= 4 is 18.0 Å². The molecule has 1 aromatic carbocycles. The van der Waals surface area contributed by atoms with Crippen LogP contribution in [-0.2, 0) is 9.59 Å². The second kappa shape index (κ2) is 6.46. The molecule has 0 bridgehead atoms. The molecule has 108 valence electrons. The van der Waals surface area contributed by atoms with Crippen molar-refractivity contribution in [1.29, 1.82) is 0 Å². The topological polar surface area (TPSA) is 102 Å². The van der Waals surface area contributed by atoms with E-state index in [0.717, 1.165) is 6.08 Å². The first-order valence-electron chi connectivity index (χ1n) is 5.42. The average Bonchev–Trinajstić information content (AvgIpc) is 2.42. The van der Waals surface area contributed by atoms with Crippen molar-refractivity contribution in [2.45, 2.75) is 0 Å². The maximum atomic E-state index is 10.9. The van der Waals surface area contributed by atoms with E-state index in [2.05, 4.69) is 0 Å². The second-order valence-electron chi connectivity index (χ2n) is 3.62. The van der Waals surface area contributed by atoms with Crippen molar-refractivity contribution in [3.63, 3.8) is 0 Å². The summed E-state index contributed by atoms with van der Waals surface area (Å²) in [5.41, 5.74) is -0.527. The van der Waals surface area contributed by atoms with Crippen LogP contribution < -0.4 is 14.2 Å². The Labute approximate surface area is 115 Å². The summed E-state index contributed by atoms with van der Waals surface area (Å²) in [5, 5.41) is 17.7. The lowest BCUT2D eigenvalue weighted by molar-refractivity contribution is -0.140. The van der Waals surface area contributed by atoms with Gasteiger partial charge in [-0.15, -0.1) is 0 Å². The largest absolute Gasteiger partial charge is 0.496 e. The van der Waals surface area contributed by atoms with E-state index in [-0.39, 0.29) is 11.3 Å². The molecule has 7 heteroatoms. The predicted octanol–water partition coefficient (Wildman–Crippen LogP) is 1.26. The Kier molecular flexibility index (Phi) is 4.96. The molecule has 0 unspecified atom stereocenters. The van der Waals surface area contributed by atoms with Crippen molar-refractivity contribution in [1.82, 2.24) is 0 Å². The standard InChI is InChI=1S/C13H14O7/c1-18-9-6-11(20-3)10(19-2)5-7(9)4-8(12(14)15)13(16)17/h4-6H,1-3H3,(H,14,15)(H,16,17). The maximum absolute atomic E-state index is 10.9. The number of carbonyl (C=O) groups is 2. The number of hydrogen-bond donors (Lipinski definition) is 2. The van der Waals surface area contributed by atoms with E-state index >= 15 is 0 Å². The molecule has 0 heterocycles. The summed E-state index contributed by atoms with van der Waals surface area (Å²) in [4.78, 5) is 21.8. The van der Waals surface area contributed by atoms with E-state index in [4.69, 9.17) is 24.4 Å². The Bertz CT molecular complexity index is 544. The van der Waals surface area contributed by atoms with Crippen LogP contribution in [0.4, 0.5) is 0 Å². The first-order chi connectivity index (χ1) is 9.44. The fourth-order valence-electron chi connectivity index (χ4n) is 1.54. The lowest BCUT2D eigenvalue weighted by atomic mass is 10.1. The fraction of sp³-hybridized carbons (Fsp3) is 0.231. The molecule has 0 atom stereocenters. The molecule has 0 fully saturated rings. The predicted molar refractivity (Wildman–Crippen MR) is 69.3 cm³/mol. The third-order valence-electron chi connectivity index (χ3n) is 2.50. The molecule has 1 rings (SSSR count). The van der Waals surface area contributed by atoms with Gasteiger partial charge in [-0.2, -0.15) is 0 Å². The van der Waals surface area contributed by atoms with Crippen LogP contribution in [0.1, 0.15) is 5.56 Å². The van der Waals surface area contributed by atoms with Crippen LogP contribution in [0.25, 0.3) is 6.08 Å². The molecule has 0 saturated heterocycles. The van der Waals surface area contributed by atoms with E-state index in [9.17, 15) is 9.59 Å². The Morgan fingerprint density at radius 2 is 1.35 bits per heavy atom. The van der Waals surface area contributed by atoms with Crippen LogP contribution in [0.2, 0.25) is 0 Å². The van der Waals surface area contributed by atoms with E-state index in [1.807, 2.05) is 0 Å². The number of aliphatic carboxylic acids is 2. The first-order valence-corrected chi connectivity index (χ1v) is 5.42. The monoisotopic (exact) mass is 282 g/mol. The van der Waals surface area contributed by atoms with Gasteiger partial charge in [0.1, 0.15) is 11.3 Å². The van der Waals surface area contributed by atoms with Crippen LogP contribution in [0.15, 0.2) is 17.7 Å². The summed E-state index contributed by atoms with van der Waals surface area (Å²) in [7, 11) is 4.22. The van der Waals surface area contributed by atoms with Gasteiger partial charge in [0.25, 0.3) is 0 Å². The van der Waals surface area contributed by atoms with E-state index < -0.39 is 17.5 Å². The van der Waals surface area contributed by atoms with Gasteiger partial charge in [0.15, 0.2) is 11.5 Å². The van der Waals surface area contributed by atoms with Gasteiger partial charge in [-0.05, 0) is 12.1 Å². The molecule has 0 saturated carbocycles. The number of ether oxygens (including phenoxy) is 3. The van der Waals surface area contributed by atoms with Gasteiger partial charge in [-0.1, -0.05) is 0 Å². The third-order valence-corrected chi connectivity index (χ3v) is 2.50. The third kappa shape index (κ3) is 3.19. The summed E-state index contributed by atoms with van der Waals surface area (Å²) < 4.78 is 15.2. The lowest BCUT2D eigenvalue weighted by Gasteiger charge is -2.12. The highest BCUT2D eigenvalue weighted by Crippen LogP contribution is 2.35. The smallest absolute Gasteiger partial charge is 0.343 e. The molecule has 0 aromatic heterocycles. The number of benzene rings is 1. The van der Waals surface area contributed by atoms with Crippen molar-refractivity contribution in [2.24, 2.45) is 0 Å². The van der Waals surface area contributed by atoms with Crippen molar-refractivity contribution < 1.29 is 34.0 Å². The van der Waals surface area contributed by atoms with Gasteiger partial charge < -0.3 is 24.4 Å². The molecule has 7 nitrogen and oxygen atoms in total. The Morgan fingerprint density at radius 3 is 1.75 bits per heavy atom. The molecule has 0 aliphatic carbocycles. The summed E-state index contributed by atoms with van der Waals surface area (Å²) in [6, 6.07) is 2.91. The molecule has 0 amide bonds. The van der Waals surface area contributed by atoms with Gasteiger partial charge >= 0.3 is 11.9 Å². The number of carboxylic acid groups (broad SMARTS) is 2. The summed E-state index contributed by atoms with van der Waals surface area (Å²) >= 11 is 0. The van der Waals surface area contributed by atoms with Crippen LogP contribution >= 0.6 is 0 Å². The van der Waals surface area contributed by atoms with Gasteiger partial charge in [0, 0.05) is 11.6 Å². The Balaban J connectivity index is 3.46. The molecule has 0 spiro atoms. The highest BCUT2D eigenvalue weighted by atomic mass is 16.5. The first kappa shape index (κ1) is 15.4. The van der Waals surface area contributed by atoms with Gasteiger partial charge in [-0.25, -0.2) is 9.59 Å². The average molecular weight is 282 g/mol. The zero-order chi connectivity index (χ0) is 15.3. The minimum atomic E-state index is -1.55. The maximum Gasteiger partial charge on any atom is 0.343 e. The Morgan fingerprint density at radius 1 is 0.900 bits per heavy atom. The second-order valence-corrected chi connectivity index (χ2v) is 3.62. The lowest BCUT2D eigenvalue weighted by Crippen LogP contribution is -2.11.